The lowest BCUT2D eigenvalue weighted by atomic mass is 10.0. The molecule has 0 aliphatic rings. The van der Waals surface area contributed by atoms with Crippen molar-refractivity contribution in [1.82, 2.24) is 0 Å². The van der Waals surface area contributed by atoms with Crippen LogP contribution >= 0.6 is 15.9 Å². The largest absolute Gasteiger partial charge is 0.454 e. The Hall–Kier alpha value is -1.39. The number of para-hydroxylation sites is 1. The summed E-state index contributed by atoms with van der Waals surface area (Å²) < 4.78 is 20.2. The Morgan fingerprint density at radius 1 is 1.20 bits per heavy atom. The van der Waals surface area contributed by atoms with Gasteiger partial charge in [0, 0.05) is 10.5 Å². The summed E-state index contributed by atoms with van der Waals surface area (Å²) in [6.07, 6.45) is 1.60. The van der Waals surface area contributed by atoms with Crippen LogP contribution in [0.25, 0.3) is 0 Å². The number of ether oxygens (including phenoxy) is 1. The first-order valence-electron chi connectivity index (χ1n) is 6.56. The average molecular weight is 338 g/mol. The molecule has 0 aromatic heterocycles. The zero-order chi connectivity index (χ0) is 14.5. The van der Waals surface area contributed by atoms with Crippen LogP contribution in [0.1, 0.15) is 18.9 Å². The molecule has 0 fully saturated rings. The van der Waals surface area contributed by atoms with E-state index in [1.54, 1.807) is 12.1 Å². The third kappa shape index (κ3) is 3.81. The average Bonchev–Trinajstić information content (AvgIpc) is 2.43. The summed E-state index contributed by atoms with van der Waals surface area (Å²) >= 11 is 3.23. The molecule has 0 spiro atoms. The van der Waals surface area contributed by atoms with E-state index in [0.29, 0.717) is 16.6 Å². The number of benzene rings is 2. The first-order chi connectivity index (χ1) is 9.60. The summed E-state index contributed by atoms with van der Waals surface area (Å²) in [5, 5.41) is 0. The van der Waals surface area contributed by atoms with Crippen LogP contribution in [-0.4, -0.2) is 6.04 Å². The topological polar surface area (TPSA) is 35.2 Å². The van der Waals surface area contributed by atoms with E-state index in [1.807, 2.05) is 31.2 Å². The van der Waals surface area contributed by atoms with Gasteiger partial charge in [-0.2, -0.15) is 0 Å². The predicted octanol–water partition coefficient (Wildman–Crippen LogP) is 4.66. The quantitative estimate of drug-likeness (QED) is 0.861. The summed E-state index contributed by atoms with van der Waals surface area (Å²) in [5.41, 5.74) is 6.97. The summed E-state index contributed by atoms with van der Waals surface area (Å²) in [6.45, 7) is 2.04. The van der Waals surface area contributed by atoms with Crippen molar-refractivity contribution < 1.29 is 9.13 Å². The third-order valence-electron chi connectivity index (χ3n) is 3.09. The fourth-order valence-electron chi connectivity index (χ4n) is 1.88. The van der Waals surface area contributed by atoms with Gasteiger partial charge in [-0.05, 0) is 42.7 Å². The molecule has 2 aromatic carbocycles. The lowest BCUT2D eigenvalue weighted by Gasteiger charge is -2.14. The molecular formula is C16H17BrFNO. The van der Waals surface area contributed by atoms with E-state index in [1.165, 1.54) is 6.07 Å². The molecule has 0 bridgehead atoms. The lowest BCUT2D eigenvalue weighted by molar-refractivity contribution is 0.435. The Bertz CT molecular complexity index is 588. The summed E-state index contributed by atoms with van der Waals surface area (Å²) in [5.74, 6) is 0.470. The van der Waals surface area contributed by atoms with E-state index in [4.69, 9.17) is 10.5 Å². The highest BCUT2D eigenvalue weighted by atomic mass is 79.9. The van der Waals surface area contributed by atoms with Crippen molar-refractivity contribution in [2.75, 3.05) is 0 Å². The number of rotatable bonds is 5. The van der Waals surface area contributed by atoms with Crippen LogP contribution in [-0.2, 0) is 6.42 Å². The van der Waals surface area contributed by atoms with Gasteiger partial charge in [0.05, 0.1) is 0 Å². The van der Waals surface area contributed by atoms with Crippen molar-refractivity contribution in [1.29, 1.82) is 0 Å². The van der Waals surface area contributed by atoms with Gasteiger partial charge < -0.3 is 10.5 Å². The highest BCUT2D eigenvalue weighted by Gasteiger charge is 2.10. The van der Waals surface area contributed by atoms with E-state index in [-0.39, 0.29) is 11.8 Å². The Balaban J connectivity index is 2.24. The van der Waals surface area contributed by atoms with Gasteiger partial charge in [-0.1, -0.05) is 41.1 Å². The maximum Gasteiger partial charge on any atom is 0.166 e. The minimum absolute atomic E-state index is 0.0783. The number of hydrogen-bond acceptors (Lipinski definition) is 2. The van der Waals surface area contributed by atoms with Crippen molar-refractivity contribution >= 4 is 15.9 Å². The highest BCUT2D eigenvalue weighted by Crippen LogP contribution is 2.29. The lowest BCUT2D eigenvalue weighted by Crippen LogP contribution is -2.21. The molecule has 0 amide bonds. The van der Waals surface area contributed by atoms with Gasteiger partial charge >= 0.3 is 0 Å². The molecule has 2 nitrogen and oxygen atoms in total. The van der Waals surface area contributed by atoms with E-state index >= 15 is 0 Å². The van der Waals surface area contributed by atoms with Gasteiger partial charge in [-0.15, -0.1) is 0 Å². The van der Waals surface area contributed by atoms with Crippen LogP contribution in [0.4, 0.5) is 4.39 Å². The molecule has 0 aliphatic heterocycles. The molecule has 0 saturated carbocycles. The number of nitrogens with two attached hydrogens (primary N) is 1. The van der Waals surface area contributed by atoms with Crippen molar-refractivity contribution in [2.45, 2.75) is 25.8 Å². The Kier molecular flexibility index (Phi) is 5.15. The maximum atomic E-state index is 13.8. The monoisotopic (exact) mass is 337 g/mol. The molecule has 2 rings (SSSR count). The number of hydrogen-bond donors (Lipinski definition) is 1. The zero-order valence-electron chi connectivity index (χ0n) is 11.3. The molecule has 1 atom stereocenters. The second-order valence-electron chi connectivity index (χ2n) is 4.66. The first kappa shape index (κ1) is 15.0. The van der Waals surface area contributed by atoms with Crippen LogP contribution in [0.5, 0.6) is 11.5 Å². The van der Waals surface area contributed by atoms with Gasteiger partial charge in [-0.3, -0.25) is 0 Å². The van der Waals surface area contributed by atoms with Crippen LogP contribution in [0, 0.1) is 5.82 Å². The van der Waals surface area contributed by atoms with Crippen LogP contribution in [0.2, 0.25) is 0 Å². The van der Waals surface area contributed by atoms with E-state index in [2.05, 4.69) is 15.9 Å². The van der Waals surface area contributed by atoms with Crippen molar-refractivity contribution in [3.8, 4) is 11.5 Å². The molecule has 1 unspecified atom stereocenters. The van der Waals surface area contributed by atoms with Gasteiger partial charge in [0.25, 0.3) is 0 Å². The van der Waals surface area contributed by atoms with Gasteiger partial charge in [0.15, 0.2) is 11.6 Å². The van der Waals surface area contributed by atoms with Crippen LogP contribution in [0.15, 0.2) is 46.9 Å². The maximum absolute atomic E-state index is 13.8. The minimum atomic E-state index is -0.394. The van der Waals surface area contributed by atoms with Crippen molar-refractivity contribution in [2.24, 2.45) is 5.73 Å². The standard InChI is InChI=1S/C16H17BrFNO/c1-2-13(19)9-11-5-3-4-6-15(11)20-16-8-7-12(17)10-14(16)18/h3-8,10,13H,2,9,19H2,1H3. The third-order valence-corrected chi connectivity index (χ3v) is 3.59. The van der Waals surface area contributed by atoms with E-state index in [9.17, 15) is 4.39 Å². The molecule has 2 N–H and O–H groups in total. The SMILES string of the molecule is CCC(N)Cc1ccccc1Oc1ccc(Br)cc1F. The second kappa shape index (κ2) is 6.86. The van der Waals surface area contributed by atoms with E-state index in [0.717, 1.165) is 12.0 Å². The molecule has 4 heteroatoms. The zero-order valence-corrected chi connectivity index (χ0v) is 12.9. The second-order valence-corrected chi connectivity index (χ2v) is 5.57. The predicted molar refractivity (Wildman–Crippen MR) is 82.6 cm³/mol. The fraction of sp³-hybridized carbons (Fsp3) is 0.250. The Labute approximate surface area is 126 Å². The summed E-state index contributed by atoms with van der Waals surface area (Å²) in [4.78, 5) is 0. The Morgan fingerprint density at radius 2 is 1.95 bits per heavy atom. The summed E-state index contributed by atoms with van der Waals surface area (Å²) in [6, 6.07) is 12.4. The molecule has 0 aliphatic carbocycles. The van der Waals surface area contributed by atoms with Gasteiger partial charge in [0.2, 0.25) is 0 Å². The highest BCUT2D eigenvalue weighted by molar-refractivity contribution is 9.10. The fourth-order valence-corrected chi connectivity index (χ4v) is 2.21. The smallest absolute Gasteiger partial charge is 0.166 e. The molecule has 0 saturated heterocycles. The Morgan fingerprint density at radius 3 is 2.65 bits per heavy atom. The molecular weight excluding hydrogens is 321 g/mol. The number of halogens is 2. The summed E-state index contributed by atoms with van der Waals surface area (Å²) in [7, 11) is 0. The minimum Gasteiger partial charge on any atom is -0.454 e. The molecule has 20 heavy (non-hydrogen) atoms. The molecule has 106 valence electrons. The molecule has 0 radical (unpaired) electrons. The first-order valence-corrected chi connectivity index (χ1v) is 7.36. The van der Waals surface area contributed by atoms with Crippen LogP contribution in [0.3, 0.4) is 0 Å². The van der Waals surface area contributed by atoms with Crippen molar-refractivity contribution in [3.63, 3.8) is 0 Å². The van der Waals surface area contributed by atoms with Crippen molar-refractivity contribution in [3.05, 3.63) is 58.3 Å². The van der Waals surface area contributed by atoms with Gasteiger partial charge in [0.1, 0.15) is 5.75 Å². The van der Waals surface area contributed by atoms with E-state index < -0.39 is 5.82 Å². The molecule has 2 aromatic rings. The normalized spacial score (nSPS) is 12.2. The van der Waals surface area contributed by atoms with Crippen LogP contribution < -0.4 is 10.5 Å². The molecule has 0 heterocycles. The van der Waals surface area contributed by atoms with Gasteiger partial charge in [-0.25, -0.2) is 4.39 Å².